The molecule has 3 aromatic carbocycles. The largest absolute Gasteiger partial charge is 0.493 e. The number of aryl methyl sites for hydroxylation is 2. The molecule has 4 heteroatoms. The van der Waals surface area contributed by atoms with Gasteiger partial charge >= 0.3 is 0 Å². The molecule has 1 atom stereocenters. The van der Waals surface area contributed by atoms with E-state index in [9.17, 15) is 4.79 Å². The van der Waals surface area contributed by atoms with Crippen molar-refractivity contribution in [3.8, 4) is 5.75 Å². The summed E-state index contributed by atoms with van der Waals surface area (Å²) in [5.41, 5.74) is 4.66. The second-order valence-corrected chi connectivity index (χ2v) is 10.4. The highest BCUT2D eigenvalue weighted by Gasteiger charge is 2.28. The molecule has 0 saturated carbocycles. The average Bonchev–Trinajstić information content (AvgIpc) is 2.87. The van der Waals surface area contributed by atoms with Gasteiger partial charge in [0.05, 0.1) is 6.61 Å². The summed E-state index contributed by atoms with van der Waals surface area (Å²) in [6.07, 6.45) is 5.64. The summed E-state index contributed by atoms with van der Waals surface area (Å²) in [7, 11) is 0. The molecule has 0 bridgehead atoms. The van der Waals surface area contributed by atoms with Gasteiger partial charge in [-0.05, 0) is 99.2 Å². The molecule has 1 saturated heterocycles. The van der Waals surface area contributed by atoms with Crippen LogP contribution in [0.25, 0.3) is 10.8 Å². The zero-order valence-corrected chi connectivity index (χ0v) is 21.3. The minimum atomic E-state index is 0.233. The van der Waals surface area contributed by atoms with E-state index >= 15 is 0 Å². The van der Waals surface area contributed by atoms with E-state index < -0.39 is 0 Å². The number of piperidine rings is 1. The lowest BCUT2D eigenvalue weighted by Gasteiger charge is -2.37. The minimum Gasteiger partial charge on any atom is -0.493 e. The fourth-order valence-electron chi connectivity index (χ4n) is 5.74. The van der Waals surface area contributed by atoms with Crippen molar-refractivity contribution in [1.82, 2.24) is 9.80 Å². The van der Waals surface area contributed by atoms with Crippen LogP contribution in [-0.4, -0.2) is 55.0 Å². The molecule has 5 rings (SSSR count). The lowest BCUT2D eigenvalue weighted by molar-refractivity contribution is 0.0659. The molecule has 2 heterocycles. The quantitative estimate of drug-likeness (QED) is 0.377. The molecule has 4 nitrogen and oxygen atoms in total. The van der Waals surface area contributed by atoms with E-state index in [1.807, 2.05) is 0 Å². The molecule has 1 unspecified atom stereocenters. The van der Waals surface area contributed by atoms with Crippen molar-refractivity contribution in [2.45, 2.75) is 46.0 Å². The van der Waals surface area contributed by atoms with Gasteiger partial charge in [0, 0.05) is 30.6 Å². The van der Waals surface area contributed by atoms with E-state index in [1.54, 1.807) is 0 Å². The Morgan fingerprint density at radius 2 is 1.80 bits per heavy atom. The highest BCUT2D eigenvalue weighted by Crippen LogP contribution is 2.27. The van der Waals surface area contributed by atoms with Crippen molar-refractivity contribution < 1.29 is 9.53 Å². The number of unbranched alkanes of at least 4 members (excludes halogenated alkanes) is 1. The van der Waals surface area contributed by atoms with Crippen LogP contribution < -0.4 is 4.74 Å². The summed E-state index contributed by atoms with van der Waals surface area (Å²) in [4.78, 5) is 17.9. The molecule has 0 aromatic heterocycles. The maximum atomic E-state index is 13.2. The normalized spacial score (nSPS) is 18.6. The van der Waals surface area contributed by atoms with Crippen molar-refractivity contribution in [3.63, 3.8) is 0 Å². The zero-order chi connectivity index (χ0) is 24.2. The molecule has 1 fully saturated rings. The van der Waals surface area contributed by atoms with Crippen molar-refractivity contribution in [2.24, 2.45) is 5.92 Å². The van der Waals surface area contributed by atoms with Gasteiger partial charge < -0.3 is 14.5 Å². The Morgan fingerprint density at radius 1 is 0.971 bits per heavy atom. The fourth-order valence-corrected chi connectivity index (χ4v) is 5.74. The third kappa shape index (κ3) is 5.54. The maximum absolute atomic E-state index is 13.2. The topological polar surface area (TPSA) is 32.8 Å². The molecular formula is C31H38N2O2. The standard InChI is InChI=1S/C31H38N2O2/c1-23-19-27-14-17-33(31(34)29(27)20-24(23)2)22-25-9-8-16-32(21-25)15-5-6-18-35-30-13-7-11-26-10-3-4-12-28(26)30/h3-4,7,10-13,19-20,25H,5-6,8-9,14-18,21-22H2,1-2H3. The summed E-state index contributed by atoms with van der Waals surface area (Å²) in [6, 6.07) is 19.0. The molecule has 0 N–H and O–H groups in total. The van der Waals surface area contributed by atoms with Gasteiger partial charge in [0.25, 0.3) is 5.91 Å². The van der Waals surface area contributed by atoms with Crippen LogP contribution in [0.4, 0.5) is 0 Å². The first-order chi connectivity index (χ1) is 17.1. The van der Waals surface area contributed by atoms with E-state index in [4.69, 9.17) is 4.74 Å². The Bertz CT molecular complexity index is 1180. The predicted octanol–water partition coefficient (Wildman–Crippen LogP) is 6.03. The number of benzene rings is 3. The number of likely N-dealkylation sites (tertiary alicyclic amines) is 1. The number of hydrogen-bond acceptors (Lipinski definition) is 3. The van der Waals surface area contributed by atoms with Crippen LogP contribution in [-0.2, 0) is 6.42 Å². The molecule has 3 aromatic rings. The highest BCUT2D eigenvalue weighted by atomic mass is 16.5. The van der Waals surface area contributed by atoms with Crippen molar-refractivity contribution in [1.29, 1.82) is 0 Å². The summed E-state index contributed by atoms with van der Waals surface area (Å²) in [5, 5.41) is 2.42. The Morgan fingerprint density at radius 3 is 2.71 bits per heavy atom. The van der Waals surface area contributed by atoms with Gasteiger partial charge in [-0.25, -0.2) is 0 Å². The van der Waals surface area contributed by atoms with Gasteiger partial charge in [-0.1, -0.05) is 42.5 Å². The van der Waals surface area contributed by atoms with Crippen molar-refractivity contribution in [2.75, 3.05) is 39.3 Å². The maximum Gasteiger partial charge on any atom is 0.254 e. The van der Waals surface area contributed by atoms with Gasteiger partial charge in [-0.2, -0.15) is 0 Å². The fraction of sp³-hybridized carbons (Fsp3) is 0.452. The summed E-state index contributed by atoms with van der Waals surface area (Å²) >= 11 is 0. The van der Waals surface area contributed by atoms with E-state index in [0.29, 0.717) is 5.92 Å². The number of hydrogen-bond donors (Lipinski definition) is 0. The number of ether oxygens (including phenoxy) is 1. The van der Waals surface area contributed by atoms with Crippen LogP contribution in [0, 0.1) is 19.8 Å². The third-order valence-corrected chi connectivity index (χ3v) is 7.85. The van der Waals surface area contributed by atoms with E-state index in [0.717, 1.165) is 63.4 Å². The number of carbonyl (C=O) groups excluding carboxylic acids is 1. The molecule has 0 radical (unpaired) electrons. The second kappa shape index (κ2) is 10.8. The molecule has 1 amide bonds. The summed E-state index contributed by atoms with van der Waals surface area (Å²) in [6.45, 7) is 10.1. The van der Waals surface area contributed by atoms with Crippen LogP contribution in [0.1, 0.15) is 52.7 Å². The van der Waals surface area contributed by atoms with Gasteiger partial charge in [0.15, 0.2) is 0 Å². The van der Waals surface area contributed by atoms with Crippen LogP contribution in [0.15, 0.2) is 54.6 Å². The highest BCUT2D eigenvalue weighted by molar-refractivity contribution is 5.97. The minimum absolute atomic E-state index is 0.233. The molecule has 0 spiro atoms. The molecular weight excluding hydrogens is 432 g/mol. The van der Waals surface area contributed by atoms with Crippen LogP contribution in [0.2, 0.25) is 0 Å². The first kappa shape index (κ1) is 23.9. The second-order valence-electron chi connectivity index (χ2n) is 10.4. The SMILES string of the molecule is Cc1cc2c(cc1C)C(=O)N(CC1CCCN(CCCCOc3cccc4ccccc34)C1)CC2. The number of amides is 1. The smallest absolute Gasteiger partial charge is 0.254 e. The third-order valence-electron chi connectivity index (χ3n) is 7.85. The zero-order valence-electron chi connectivity index (χ0n) is 21.3. The summed E-state index contributed by atoms with van der Waals surface area (Å²) in [5.74, 6) is 1.80. The van der Waals surface area contributed by atoms with Crippen molar-refractivity contribution in [3.05, 3.63) is 76.9 Å². The average molecular weight is 471 g/mol. The molecule has 35 heavy (non-hydrogen) atoms. The number of carbonyl (C=O) groups is 1. The number of rotatable bonds is 8. The molecule has 184 valence electrons. The monoisotopic (exact) mass is 470 g/mol. The van der Waals surface area contributed by atoms with Crippen LogP contribution in [0.5, 0.6) is 5.75 Å². The Hall–Kier alpha value is -2.85. The first-order valence-corrected chi connectivity index (χ1v) is 13.3. The lowest BCUT2D eigenvalue weighted by Crippen LogP contribution is -2.45. The molecule has 2 aliphatic heterocycles. The van der Waals surface area contributed by atoms with Crippen LogP contribution >= 0.6 is 0 Å². The van der Waals surface area contributed by atoms with Gasteiger partial charge in [-0.3, -0.25) is 4.79 Å². The van der Waals surface area contributed by atoms with E-state index in [1.165, 1.54) is 46.8 Å². The lowest BCUT2D eigenvalue weighted by atomic mass is 9.92. The number of fused-ring (bicyclic) bond motifs is 2. The van der Waals surface area contributed by atoms with Crippen molar-refractivity contribution >= 4 is 16.7 Å². The molecule has 2 aliphatic rings. The summed E-state index contributed by atoms with van der Waals surface area (Å²) < 4.78 is 6.12. The van der Waals surface area contributed by atoms with Gasteiger partial charge in [-0.15, -0.1) is 0 Å². The Balaban J connectivity index is 1.07. The van der Waals surface area contributed by atoms with E-state index in [2.05, 4.69) is 78.2 Å². The predicted molar refractivity (Wildman–Crippen MR) is 143 cm³/mol. The van der Waals surface area contributed by atoms with Crippen LogP contribution in [0.3, 0.4) is 0 Å². The number of nitrogens with zero attached hydrogens (tertiary/aromatic N) is 2. The Kier molecular flexibility index (Phi) is 7.38. The van der Waals surface area contributed by atoms with Gasteiger partial charge in [0.2, 0.25) is 0 Å². The van der Waals surface area contributed by atoms with Gasteiger partial charge in [0.1, 0.15) is 5.75 Å². The first-order valence-electron chi connectivity index (χ1n) is 13.3. The Labute approximate surface area is 209 Å². The molecule has 0 aliphatic carbocycles. The van der Waals surface area contributed by atoms with E-state index in [-0.39, 0.29) is 5.91 Å².